The first-order valence-corrected chi connectivity index (χ1v) is 8.22. The van der Waals surface area contributed by atoms with Gasteiger partial charge in [0.05, 0.1) is 20.1 Å². The molecular formula is C18H23N3O3. The monoisotopic (exact) mass is 329 g/mol. The summed E-state index contributed by atoms with van der Waals surface area (Å²) in [7, 11) is 1.61. The Morgan fingerprint density at radius 2 is 2.29 bits per heavy atom. The van der Waals surface area contributed by atoms with E-state index in [1.54, 1.807) is 7.11 Å². The summed E-state index contributed by atoms with van der Waals surface area (Å²) in [4.78, 5) is 16.4. The minimum absolute atomic E-state index is 0.00893. The van der Waals surface area contributed by atoms with Gasteiger partial charge in [-0.05, 0) is 31.0 Å². The number of nitrogens with zero attached hydrogens (tertiary/aromatic N) is 2. The van der Waals surface area contributed by atoms with E-state index in [1.165, 1.54) is 0 Å². The molecule has 1 aromatic carbocycles. The minimum atomic E-state index is 0.00893. The number of rotatable bonds is 6. The first kappa shape index (κ1) is 16.4. The Bertz CT molecular complexity index is 711. The van der Waals surface area contributed by atoms with Crippen LogP contribution in [0.1, 0.15) is 24.2 Å². The number of aryl methyl sites for hydroxylation is 2. The van der Waals surface area contributed by atoms with Crippen molar-refractivity contribution in [2.45, 2.75) is 38.8 Å². The molecule has 0 bridgehead atoms. The molecule has 0 saturated heterocycles. The largest absolute Gasteiger partial charge is 0.493 e. The van der Waals surface area contributed by atoms with Gasteiger partial charge in [0, 0.05) is 31.4 Å². The molecule has 2 heterocycles. The third-order valence-electron chi connectivity index (χ3n) is 4.21. The van der Waals surface area contributed by atoms with Crippen LogP contribution in [0.5, 0.6) is 11.5 Å². The minimum Gasteiger partial charge on any atom is -0.493 e. The molecule has 1 amide bonds. The molecule has 2 aromatic rings. The third-order valence-corrected chi connectivity index (χ3v) is 4.21. The maximum Gasteiger partial charge on any atom is 0.223 e. The Morgan fingerprint density at radius 3 is 3.12 bits per heavy atom. The highest BCUT2D eigenvalue weighted by Crippen LogP contribution is 2.27. The van der Waals surface area contributed by atoms with Gasteiger partial charge in [-0.3, -0.25) is 4.79 Å². The van der Waals surface area contributed by atoms with Gasteiger partial charge in [0.1, 0.15) is 5.82 Å². The van der Waals surface area contributed by atoms with Gasteiger partial charge in [-0.25, -0.2) is 4.98 Å². The molecule has 0 radical (unpaired) electrons. The van der Waals surface area contributed by atoms with Gasteiger partial charge in [0.2, 0.25) is 5.91 Å². The molecule has 1 aromatic heterocycles. The molecule has 1 aliphatic heterocycles. The van der Waals surface area contributed by atoms with E-state index in [4.69, 9.17) is 9.47 Å². The van der Waals surface area contributed by atoms with Gasteiger partial charge in [0.25, 0.3) is 0 Å². The van der Waals surface area contributed by atoms with Crippen molar-refractivity contribution in [1.29, 1.82) is 0 Å². The molecule has 0 unspecified atom stereocenters. The van der Waals surface area contributed by atoms with Crippen molar-refractivity contribution in [2.75, 3.05) is 13.7 Å². The standard InChI is InChI=1S/C18H23N3O3/c1-13-3-5-15(16(11-13)23-2)24-10-7-18(22)20-14-4-6-17-19-8-9-21(17)12-14/h3,5,8-9,11,14H,4,6-7,10,12H2,1-2H3,(H,20,22)/t14-/m0/s1. The highest BCUT2D eigenvalue weighted by Gasteiger charge is 2.20. The van der Waals surface area contributed by atoms with Crippen LogP contribution in [-0.2, 0) is 17.8 Å². The van der Waals surface area contributed by atoms with Crippen molar-refractivity contribution in [3.8, 4) is 11.5 Å². The fourth-order valence-electron chi connectivity index (χ4n) is 2.93. The van der Waals surface area contributed by atoms with E-state index in [1.807, 2.05) is 37.5 Å². The van der Waals surface area contributed by atoms with Crippen LogP contribution in [0.2, 0.25) is 0 Å². The Kier molecular flexibility index (Phi) is 5.03. The zero-order chi connectivity index (χ0) is 16.9. The van der Waals surface area contributed by atoms with Gasteiger partial charge in [-0.2, -0.15) is 0 Å². The lowest BCUT2D eigenvalue weighted by Crippen LogP contribution is -2.41. The normalized spacial score (nSPS) is 16.3. The number of imidazole rings is 1. The summed E-state index contributed by atoms with van der Waals surface area (Å²) in [5.41, 5.74) is 1.10. The predicted octanol–water partition coefficient (Wildman–Crippen LogP) is 2.10. The molecule has 0 fully saturated rings. The van der Waals surface area contributed by atoms with Crippen molar-refractivity contribution in [3.63, 3.8) is 0 Å². The van der Waals surface area contributed by atoms with Crippen LogP contribution < -0.4 is 14.8 Å². The third kappa shape index (κ3) is 3.88. The summed E-state index contributed by atoms with van der Waals surface area (Å²) in [5.74, 6) is 2.46. The summed E-state index contributed by atoms with van der Waals surface area (Å²) in [6, 6.07) is 5.91. The zero-order valence-corrected chi connectivity index (χ0v) is 14.1. The lowest BCUT2D eigenvalue weighted by molar-refractivity contribution is -0.122. The summed E-state index contributed by atoms with van der Waals surface area (Å²) in [6.45, 7) is 3.11. The van der Waals surface area contributed by atoms with Crippen LogP contribution in [0.3, 0.4) is 0 Å². The molecule has 1 aliphatic rings. The lowest BCUT2D eigenvalue weighted by atomic mass is 10.1. The molecule has 0 aliphatic carbocycles. The molecule has 6 nitrogen and oxygen atoms in total. The Hall–Kier alpha value is -2.50. The Morgan fingerprint density at radius 1 is 1.42 bits per heavy atom. The molecule has 3 rings (SSSR count). The van der Waals surface area contributed by atoms with Crippen molar-refractivity contribution in [1.82, 2.24) is 14.9 Å². The van der Waals surface area contributed by atoms with E-state index in [2.05, 4.69) is 14.9 Å². The number of fused-ring (bicyclic) bond motifs is 1. The molecule has 24 heavy (non-hydrogen) atoms. The van der Waals surface area contributed by atoms with Crippen LogP contribution in [0.15, 0.2) is 30.6 Å². The number of ether oxygens (including phenoxy) is 2. The number of methoxy groups -OCH3 is 1. The van der Waals surface area contributed by atoms with Crippen LogP contribution in [-0.4, -0.2) is 35.2 Å². The van der Waals surface area contributed by atoms with E-state index in [0.717, 1.165) is 30.8 Å². The summed E-state index contributed by atoms with van der Waals surface area (Å²) in [5, 5.41) is 3.07. The fourth-order valence-corrected chi connectivity index (χ4v) is 2.93. The summed E-state index contributed by atoms with van der Waals surface area (Å²) >= 11 is 0. The Balaban J connectivity index is 1.45. The number of carbonyl (C=O) groups excluding carboxylic acids is 1. The first-order chi connectivity index (χ1) is 11.7. The van der Waals surface area contributed by atoms with Gasteiger partial charge in [-0.1, -0.05) is 6.07 Å². The number of hydrogen-bond donors (Lipinski definition) is 1. The van der Waals surface area contributed by atoms with Crippen molar-refractivity contribution >= 4 is 5.91 Å². The Labute approximate surface area is 141 Å². The van der Waals surface area contributed by atoms with Gasteiger partial charge >= 0.3 is 0 Å². The average molecular weight is 329 g/mol. The topological polar surface area (TPSA) is 65.4 Å². The second kappa shape index (κ2) is 7.38. The summed E-state index contributed by atoms with van der Waals surface area (Å²) in [6.07, 6.45) is 5.91. The van der Waals surface area contributed by atoms with Crippen LogP contribution >= 0.6 is 0 Å². The van der Waals surface area contributed by atoms with Crippen LogP contribution in [0, 0.1) is 6.92 Å². The van der Waals surface area contributed by atoms with Crippen molar-refractivity contribution in [3.05, 3.63) is 42.0 Å². The van der Waals surface area contributed by atoms with Crippen molar-refractivity contribution < 1.29 is 14.3 Å². The van der Waals surface area contributed by atoms with Gasteiger partial charge < -0.3 is 19.4 Å². The number of aromatic nitrogens is 2. The molecule has 6 heteroatoms. The van der Waals surface area contributed by atoms with Crippen molar-refractivity contribution in [2.24, 2.45) is 0 Å². The van der Waals surface area contributed by atoms with E-state index in [-0.39, 0.29) is 11.9 Å². The molecule has 1 N–H and O–H groups in total. The predicted molar refractivity (Wildman–Crippen MR) is 90.3 cm³/mol. The first-order valence-electron chi connectivity index (χ1n) is 8.22. The number of nitrogens with one attached hydrogen (secondary N) is 1. The zero-order valence-electron chi connectivity index (χ0n) is 14.1. The number of carbonyl (C=O) groups is 1. The maximum atomic E-state index is 12.1. The fraction of sp³-hybridized carbons (Fsp3) is 0.444. The summed E-state index contributed by atoms with van der Waals surface area (Å²) < 4.78 is 13.1. The van der Waals surface area contributed by atoms with Gasteiger partial charge in [0.15, 0.2) is 11.5 Å². The SMILES string of the molecule is COc1cc(C)ccc1OCCC(=O)N[C@H]1CCc2nccn2C1. The van der Waals surface area contributed by atoms with Crippen LogP contribution in [0.25, 0.3) is 0 Å². The smallest absolute Gasteiger partial charge is 0.223 e. The molecule has 1 atom stereocenters. The van der Waals surface area contributed by atoms with Crippen LogP contribution in [0.4, 0.5) is 0 Å². The quantitative estimate of drug-likeness (QED) is 0.881. The second-order valence-corrected chi connectivity index (χ2v) is 6.05. The number of hydrogen-bond acceptors (Lipinski definition) is 4. The second-order valence-electron chi connectivity index (χ2n) is 6.05. The highest BCUT2D eigenvalue weighted by atomic mass is 16.5. The molecule has 0 spiro atoms. The average Bonchev–Trinajstić information content (AvgIpc) is 3.03. The van der Waals surface area contributed by atoms with E-state index >= 15 is 0 Å². The highest BCUT2D eigenvalue weighted by molar-refractivity contribution is 5.76. The molecular weight excluding hydrogens is 306 g/mol. The van der Waals surface area contributed by atoms with Gasteiger partial charge in [-0.15, -0.1) is 0 Å². The maximum absolute atomic E-state index is 12.1. The number of amides is 1. The van der Waals surface area contributed by atoms with E-state index in [0.29, 0.717) is 24.5 Å². The van der Waals surface area contributed by atoms with E-state index < -0.39 is 0 Å². The number of benzene rings is 1. The molecule has 128 valence electrons. The van der Waals surface area contributed by atoms with E-state index in [9.17, 15) is 4.79 Å². The molecule has 0 saturated carbocycles. The lowest BCUT2D eigenvalue weighted by Gasteiger charge is -2.24.